The molecule has 0 fully saturated rings. The zero-order chi connectivity index (χ0) is 21.1. The van der Waals surface area contributed by atoms with Gasteiger partial charge in [0.2, 0.25) is 0 Å². The molecule has 0 saturated carbocycles. The minimum absolute atomic E-state index is 0.220. The Bertz CT molecular complexity index is 842. The van der Waals surface area contributed by atoms with E-state index in [1.165, 1.54) is 12.1 Å². The van der Waals surface area contributed by atoms with Gasteiger partial charge < -0.3 is 20.5 Å². The molecule has 0 aromatic heterocycles. The molecule has 0 heterocycles. The summed E-state index contributed by atoms with van der Waals surface area (Å²) in [7, 11) is 0. The highest BCUT2D eigenvalue weighted by Gasteiger charge is 2.23. The summed E-state index contributed by atoms with van der Waals surface area (Å²) in [5.74, 6) is -2.43. The molecule has 29 heavy (non-hydrogen) atoms. The van der Waals surface area contributed by atoms with E-state index < -0.39 is 43.1 Å². The number of imide groups is 1. The summed E-state index contributed by atoms with van der Waals surface area (Å²) in [6.07, 6.45) is 0. The summed E-state index contributed by atoms with van der Waals surface area (Å²) in [6, 6.07) is 15.1. The molecule has 4 N–H and O–H groups in total. The lowest BCUT2D eigenvalue weighted by atomic mass is 10.2. The van der Waals surface area contributed by atoms with Crippen LogP contribution in [0.15, 0.2) is 60.7 Å². The van der Waals surface area contributed by atoms with Crippen molar-refractivity contribution in [2.24, 2.45) is 0 Å². The predicted molar refractivity (Wildman–Crippen MR) is 103 cm³/mol. The Kier molecular flexibility index (Phi) is 8.33. The van der Waals surface area contributed by atoms with Crippen LogP contribution in [0.2, 0.25) is 0 Å². The summed E-state index contributed by atoms with van der Waals surface area (Å²) in [5.41, 5.74) is 1.15. The molecule has 2 aromatic rings. The Morgan fingerprint density at radius 1 is 0.931 bits per heavy atom. The highest BCUT2D eigenvalue weighted by molar-refractivity contribution is 5.98. The monoisotopic (exact) mass is 399 g/mol. The van der Waals surface area contributed by atoms with Crippen LogP contribution in [0.4, 0.5) is 4.79 Å². The smallest absolute Gasteiger partial charge is 0.331 e. The third kappa shape index (κ3) is 7.43. The zero-order valence-electron chi connectivity index (χ0n) is 15.5. The number of hydrogen-bond donors (Lipinski definition) is 4. The maximum atomic E-state index is 12.0. The van der Waals surface area contributed by atoms with Gasteiger partial charge in [-0.25, -0.2) is 9.59 Å². The fourth-order valence-corrected chi connectivity index (χ4v) is 2.23. The van der Waals surface area contributed by atoms with Gasteiger partial charge in [0.25, 0.3) is 11.8 Å². The highest BCUT2D eigenvalue weighted by atomic mass is 16.5. The number of aliphatic hydroxyl groups is 1. The van der Waals surface area contributed by atoms with E-state index in [0.29, 0.717) is 5.56 Å². The predicted octanol–water partition coefficient (Wildman–Crippen LogP) is 0.347. The van der Waals surface area contributed by atoms with E-state index in [-0.39, 0.29) is 6.54 Å². The molecule has 0 aliphatic carbocycles. The van der Waals surface area contributed by atoms with Crippen LogP contribution < -0.4 is 16.0 Å². The van der Waals surface area contributed by atoms with Gasteiger partial charge in [-0.15, -0.1) is 0 Å². The number of rotatable bonds is 8. The first-order valence-corrected chi connectivity index (χ1v) is 8.74. The van der Waals surface area contributed by atoms with Gasteiger partial charge >= 0.3 is 12.0 Å². The first kappa shape index (κ1) is 21.6. The van der Waals surface area contributed by atoms with Gasteiger partial charge in [-0.1, -0.05) is 48.5 Å². The van der Waals surface area contributed by atoms with Crippen LogP contribution in [0.5, 0.6) is 0 Å². The summed E-state index contributed by atoms with van der Waals surface area (Å²) in [5, 5.41) is 16.1. The number of carbonyl (C=O) groups excluding carboxylic acids is 4. The van der Waals surface area contributed by atoms with Gasteiger partial charge in [0.1, 0.15) is 0 Å². The molecule has 0 bridgehead atoms. The second-order valence-electron chi connectivity index (χ2n) is 5.90. The van der Waals surface area contributed by atoms with Crippen LogP contribution in [0.1, 0.15) is 15.9 Å². The average Bonchev–Trinajstić information content (AvgIpc) is 2.75. The molecule has 4 amide bonds. The Hall–Kier alpha value is -3.72. The normalized spacial score (nSPS) is 11.1. The first-order chi connectivity index (χ1) is 14.0. The van der Waals surface area contributed by atoms with Gasteiger partial charge in [-0.3, -0.25) is 14.9 Å². The topological polar surface area (TPSA) is 134 Å². The van der Waals surface area contributed by atoms with Crippen LogP contribution >= 0.6 is 0 Å². The molecule has 0 aliphatic heterocycles. The summed E-state index contributed by atoms with van der Waals surface area (Å²) in [6.45, 7) is -1.23. The molecule has 9 nitrogen and oxygen atoms in total. The fourth-order valence-electron chi connectivity index (χ4n) is 2.23. The molecule has 1 atom stereocenters. The lowest BCUT2D eigenvalue weighted by Crippen LogP contribution is -2.46. The third-order valence-corrected chi connectivity index (χ3v) is 3.70. The number of amides is 4. The van der Waals surface area contributed by atoms with Crippen molar-refractivity contribution in [3.8, 4) is 0 Å². The van der Waals surface area contributed by atoms with E-state index in [0.717, 1.165) is 5.56 Å². The maximum Gasteiger partial charge on any atom is 0.331 e. The van der Waals surface area contributed by atoms with E-state index in [2.05, 4.69) is 10.6 Å². The molecule has 152 valence electrons. The van der Waals surface area contributed by atoms with Crippen molar-refractivity contribution in [1.29, 1.82) is 0 Å². The number of aliphatic hydroxyl groups excluding tert-OH is 1. The van der Waals surface area contributed by atoms with E-state index in [4.69, 9.17) is 4.74 Å². The lowest BCUT2D eigenvalue weighted by Gasteiger charge is -2.15. The van der Waals surface area contributed by atoms with Gasteiger partial charge in [0, 0.05) is 12.1 Å². The largest absolute Gasteiger partial charge is 0.454 e. The maximum absolute atomic E-state index is 12.0. The molecule has 2 rings (SSSR count). The number of nitrogens with one attached hydrogen (secondary N) is 3. The highest BCUT2D eigenvalue weighted by Crippen LogP contribution is 2.00. The number of ether oxygens (including phenoxy) is 1. The quantitative estimate of drug-likeness (QED) is 0.473. The van der Waals surface area contributed by atoms with Crippen molar-refractivity contribution >= 4 is 23.8 Å². The fraction of sp³-hybridized carbons (Fsp3) is 0.200. The Morgan fingerprint density at radius 2 is 1.55 bits per heavy atom. The molecule has 0 saturated heterocycles. The molecular formula is C20H21N3O6. The zero-order valence-corrected chi connectivity index (χ0v) is 15.5. The van der Waals surface area contributed by atoms with Crippen LogP contribution in [0.3, 0.4) is 0 Å². The number of benzene rings is 2. The van der Waals surface area contributed by atoms with Gasteiger partial charge in [0.15, 0.2) is 12.6 Å². The number of carbonyl (C=O) groups is 4. The Balaban J connectivity index is 1.73. The molecule has 1 unspecified atom stereocenters. The van der Waals surface area contributed by atoms with E-state index in [1.54, 1.807) is 18.2 Å². The van der Waals surface area contributed by atoms with E-state index in [9.17, 15) is 24.3 Å². The van der Waals surface area contributed by atoms with Crippen LogP contribution in [0, 0.1) is 0 Å². The standard InChI is InChI=1S/C20H21N3O6/c24-12-16(22-18(26)15-9-5-2-6-10-15)19(27)29-13-17(25)23-20(28)21-11-14-7-3-1-4-8-14/h1-10,16,24H,11-13H2,(H,22,26)(H2,21,23,25,28). The van der Waals surface area contributed by atoms with Crippen molar-refractivity contribution < 1.29 is 29.0 Å². The average molecular weight is 399 g/mol. The van der Waals surface area contributed by atoms with Crippen molar-refractivity contribution in [1.82, 2.24) is 16.0 Å². The van der Waals surface area contributed by atoms with Crippen molar-refractivity contribution in [2.45, 2.75) is 12.6 Å². The van der Waals surface area contributed by atoms with Gasteiger partial charge in [-0.2, -0.15) is 0 Å². The molecule has 0 radical (unpaired) electrons. The second kappa shape index (κ2) is 11.2. The third-order valence-electron chi connectivity index (χ3n) is 3.70. The Morgan fingerprint density at radius 3 is 2.17 bits per heavy atom. The minimum atomic E-state index is -1.34. The van der Waals surface area contributed by atoms with E-state index in [1.807, 2.05) is 35.6 Å². The molecule has 9 heteroatoms. The summed E-state index contributed by atoms with van der Waals surface area (Å²) >= 11 is 0. The molecule has 2 aromatic carbocycles. The van der Waals surface area contributed by atoms with Crippen molar-refractivity contribution in [3.05, 3.63) is 71.8 Å². The molecular weight excluding hydrogens is 378 g/mol. The van der Waals surface area contributed by atoms with E-state index >= 15 is 0 Å². The van der Waals surface area contributed by atoms with Gasteiger partial charge in [0.05, 0.1) is 6.61 Å². The second-order valence-corrected chi connectivity index (χ2v) is 5.90. The SMILES string of the molecule is O=C(COC(=O)C(CO)NC(=O)c1ccccc1)NC(=O)NCc1ccccc1. The van der Waals surface area contributed by atoms with Gasteiger partial charge in [-0.05, 0) is 17.7 Å². The molecule has 0 spiro atoms. The van der Waals surface area contributed by atoms with Crippen LogP contribution in [-0.4, -0.2) is 48.2 Å². The number of urea groups is 1. The van der Waals surface area contributed by atoms with Crippen molar-refractivity contribution in [2.75, 3.05) is 13.2 Å². The Labute approximate surface area is 167 Å². The van der Waals surface area contributed by atoms with Crippen LogP contribution in [-0.2, 0) is 20.9 Å². The summed E-state index contributed by atoms with van der Waals surface area (Å²) < 4.78 is 4.75. The minimum Gasteiger partial charge on any atom is -0.454 e. The summed E-state index contributed by atoms with van der Waals surface area (Å²) in [4.78, 5) is 47.4. The number of hydrogen-bond acceptors (Lipinski definition) is 6. The molecule has 0 aliphatic rings. The first-order valence-electron chi connectivity index (χ1n) is 8.74. The van der Waals surface area contributed by atoms with Crippen molar-refractivity contribution in [3.63, 3.8) is 0 Å². The van der Waals surface area contributed by atoms with Crippen LogP contribution in [0.25, 0.3) is 0 Å². The number of esters is 1. The lowest BCUT2D eigenvalue weighted by molar-refractivity contribution is -0.151.